The normalized spacial score (nSPS) is 10.5. The smallest absolute Gasteiger partial charge is 0.239 e. The van der Waals surface area contributed by atoms with Crippen LogP contribution in [0.2, 0.25) is 5.04 Å². The molecule has 0 fully saturated rings. The Morgan fingerprint density at radius 2 is 1.28 bits per heavy atom. The van der Waals surface area contributed by atoms with Crippen LogP contribution in [-0.2, 0) is 11.8 Å². The van der Waals surface area contributed by atoms with E-state index in [4.69, 9.17) is 9.79 Å². The van der Waals surface area contributed by atoms with Gasteiger partial charge >= 0.3 is 104 Å². The second-order valence-corrected chi connectivity index (χ2v) is 13.0. The van der Waals surface area contributed by atoms with Crippen molar-refractivity contribution in [2.75, 3.05) is 0 Å². The van der Waals surface area contributed by atoms with Crippen molar-refractivity contribution in [3.05, 3.63) is 0 Å². The van der Waals surface area contributed by atoms with Gasteiger partial charge in [-0.2, -0.15) is 0 Å². The molecule has 0 amide bonds. The Balaban J connectivity index is 0. The Hall–Kier alpha value is 2.18. The average Bonchev–Trinajstić information content (AvgIpc) is 2.25. The van der Waals surface area contributed by atoms with Gasteiger partial charge in [0.25, 0.3) is 0 Å². The van der Waals surface area contributed by atoms with Crippen LogP contribution < -0.4 is 0 Å². The van der Waals surface area contributed by atoms with Crippen molar-refractivity contribution in [2.24, 2.45) is 0 Å². The maximum Gasteiger partial charge on any atom is 0.239 e. The van der Waals surface area contributed by atoms with E-state index in [1.807, 2.05) is 0 Å². The number of unbranched alkanes of at least 4 members (excludes halogenated alkanes) is 6. The topological polar surface area (TPSA) is 40.5 Å². The van der Waals surface area contributed by atoms with Crippen LogP contribution >= 0.6 is 17.9 Å². The zero-order valence-electron chi connectivity index (χ0n) is 12.0. The summed E-state index contributed by atoms with van der Waals surface area (Å²) in [5, 5.41) is 0. The second-order valence-electron chi connectivity index (χ2n) is 4.70. The van der Waals surface area contributed by atoms with Gasteiger partial charge in [-0.1, -0.05) is 12.2 Å². The summed E-state index contributed by atoms with van der Waals surface area (Å²) in [7, 11) is 0. The summed E-state index contributed by atoms with van der Waals surface area (Å²) >= 11 is 7.04. The largest absolute Gasteiger partial charge is 0.338 e. The van der Waals surface area contributed by atoms with Gasteiger partial charge in [-0.3, -0.25) is 0 Å². The molecule has 0 aliphatic rings. The fourth-order valence-corrected chi connectivity index (χ4v) is 4.73. The van der Waals surface area contributed by atoms with E-state index in [2.05, 4.69) is 37.9 Å². The van der Waals surface area contributed by atoms with Crippen molar-refractivity contribution in [1.82, 2.24) is 0 Å². The van der Waals surface area contributed by atoms with Gasteiger partial charge < -0.3 is 9.79 Å². The van der Waals surface area contributed by atoms with E-state index in [0.717, 1.165) is 0 Å². The second kappa shape index (κ2) is 17.2. The van der Waals surface area contributed by atoms with Crippen LogP contribution in [0.3, 0.4) is 0 Å². The predicted molar refractivity (Wildman–Crippen MR) is 91.4 cm³/mol. The summed E-state index contributed by atoms with van der Waals surface area (Å²) in [5.41, 5.74) is -3.11. The molecule has 0 saturated heterocycles. The maximum atomic E-state index is 7.87. The molecule has 0 aliphatic carbocycles. The first-order valence-corrected chi connectivity index (χ1v) is 14.2. The molecule has 2 nitrogen and oxygen atoms in total. The van der Waals surface area contributed by atoms with Crippen LogP contribution in [0.15, 0.2) is 0 Å². The minimum atomic E-state index is -3.11. The molecule has 0 spiro atoms. The van der Waals surface area contributed by atoms with E-state index in [0.29, 0.717) is 0 Å². The molecule has 0 heterocycles. The van der Waals surface area contributed by atoms with Crippen molar-refractivity contribution in [1.29, 1.82) is 0 Å². The van der Waals surface area contributed by atoms with E-state index in [-0.39, 0.29) is 33.8 Å². The fourth-order valence-electron chi connectivity index (χ4n) is 1.74. The number of rotatable bonds is 10. The number of thiol groups is 1. The van der Waals surface area contributed by atoms with E-state index in [1.54, 1.807) is 11.5 Å². The van der Waals surface area contributed by atoms with Gasteiger partial charge in [0.1, 0.15) is 0 Å². The molecule has 0 rings (SSSR count). The van der Waals surface area contributed by atoms with Crippen LogP contribution in [0.25, 0.3) is 0 Å². The summed E-state index contributed by atoms with van der Waals surface area (Å²) in [6, 6.07) is 0. The summed E-state index contributed by atoms with van der Waals surface area (Å²) in [6.45, 7) is 4.60. The molecule has 2 N–H and O–H groups in total. The molecule has 6 heteroatoms. The molecule has 0 aromatic heterocycles. The Bertz CT molecular complexity index is 182. The SMILES string of the molecule is CCCCCCC[CH2][Ca][CH2]CCC.OP(O)(=S)S. The fraction of sp³-hybridized carbons (Fsp3) is 1.00. The monoisotopic (exact) mass is 340 g/mol. The maximum absolute atomic E-state index is 7.87. The first kappa shape index (κ1) is 22.5. The number of hydrogen-bond acceptors (Lipinski definition) is 1. The predicted octanol–water partition coefficient (Wildman–Crippen LogP) is 4.81. The third-order valence-electron chi connectivity index (χ3n) is 2.71. The van der Waals surface area contributed by atoms with Crippen LogP contribution in [-0.4, -0.2) is 43.6 Å². The Labute approximate surface area is 142 Å². The van der Waals surface area contributed by atoms with Crippen molar-refractivity contribution in [3.8, 4) is 0 Å². The van der Waals surface area contributed by atoms with E-state index in [1.165, 1.54) is 44.9 Å². The van der Waals surface area contributed by atoms with Crippen LogP contribution in [0.4, 0.5) is 0 Å². The quantitative estimate of drug-likeness (QED) is 0.231. The van der Waals surface area contributed by atoms with E-state index < -0.39 is 5.69 Å². The van der Waals surface area contributed by atoms with E-state index >= 15 is 0 Å². The molecule has 0 aromatic carbocycles. The van der Waals surface area contributed by atoms with Crippen LogP contribution in [0.5, 0.6) is 0 Å². The Morgan fingerprint density at radius 3 is 1.78 bits per heavy atom. The van der Waals surface area contributed by atoms with E-state index in [9.17, 15) is 0 Å². The molecule has 0 saturated carbocycles. The molecular weight excluding hydrogens is 311 g/mol. The van der Waals surface area contributed by atoms with Gasteiger partial charge in [0.2, 0.25) is 5.69 Å². The minimum absolute atomic E-state index is 0.0287. The molecule has 0 aromatic rings. The van der Waals surface area contributed by atoms with Crippen molar-refractivity contribution in [2.45, 2.75) is 70.2 Å². The Kier molecular flexibility index (Phi) is 21.5. The zero-order valence-corrected chi connectivity index (χ0v) is 16.8. The van der Waals surface area contributed by atoms with Crippen LogP contribution in [0, 0.1) is 0 Å². The van der Waals surface area contributed by atoms with Crippen molar-refractivity contribution >= 4 is 63.6 Å². The first-order chi connectivity index (χ1) is 8.41. The molecule has 0 atom stereocenters. The van der Waals surface area contributed by atoms with Gasteiger partial charge in [-0.05, 0) is 11.8 Å². The van der Waals surface area contributed by atoms with Crippen molar-refractivity contribution < 1.29 is 9.79 Å². The van der Waals surface area contributed by atoms with Gasteiger partial charge in [0.15, 0.2) is 0 Å². The number of hydrogen-bond donors (Lipinski definition) is 3. The third kappa shape index (κ3) is 36.2. The van der Waals surface area contributed by atoms with Crippen LogP contribution in [0.1, 0.15) is 65.2 Å². The average molecular weight is 341 g/mol. The van der Waals surface area contributed by atoms with Gasteiger partial charge in [-0.15, -0.1) is 0 Å². The summed E-state index contributed by atoms with van der Waals surface area (Å²) in [4.78, 5) is 15.7. The molecule has 0 unspecified atom stereocenters. The van der Waals surface area contributed by atoms with Crippen molar-refractivity contribution in [3.63, 3.8) is 0 Å². The summed E-state index contributed by atoms with van der Waals surface area (Å²) in [5.74, 6) is 0. The standard InChI is InChI=1S/C8H17.C4H9.Ca.H3O2PS2/c1-3-5-7-8-6-4-2;1-3-4-2;;1-3(2,4)5/h1,3-8H2,2H3;1,3-4H2,2H3;;(H3,1,2,4,5). The molecule has 0 aliphatic heterocycles. The molecule has 18 heavy (non-hydrogen) atoms. The molecule has 108 valence electrons. The first-order valence-electron chi connectivity index (χ1n) is 7.20. The Morgan fingerprint density at radius 1 is 0.889 bits per heavy atom. The van der Waals surface area contributed by atoms with Gasteiger partial charge in [0.05, 0.1) is 0 Å². The minimum Gasteiger partial charge on any atom is -0.338 e. The molecule has 0 radical (unpaired) electrons. The molecular formula is C12H29CaO2PS2. The van der Waals surface area contributed by atoms with Gasteiger partial charge in [0, 0.05) is 0 Å². The summed E-state index contributed by atoms with van der Waals surface area (Å²) < 4.78 is 3.32. The summed E-state index contributed by atoms with van der Waals surface area (Å²) in [6.07, 6.45) is 11.9. The third-order valence-corrected chi connectivity index (χ3v) is 5.83. The molecule has 0 bridgehead atoms. The zero-order chi connectivity index (χ0) is 14.3. The van der Waals surface area contributed by atoms with Gasteiger partial charge in [-0.25, -0.2) is 0 Å².